The van der Waals surface area contributed by atoms with Crippen LogP contribution in [0.4, 0.5) is 0 Å². The Morgan fingerprint density at radius 2 is 1.53 bits per heavy atom. The van der Waals surface area contributed by atoms with Crippen molar-refractivity contribution in [1.29, 1.82) is 0 Å². The molecule has 0 N–H and O–H groups in total. The van der Waals surface area contributed by atoms with E-state index in [1.807, 2.05) is 0 Å². The van der Waals surface area contributed by atoms with Crippen LogP contribution < -0.4 is 0 Å². The van der Waals surface area contributed by atoms with E-state index in [2.05, 4.69) is 32.6 Å². The van der Waals surface area contributed by atoms with Crippen molar-refractivity contribution in [1.82, 2.24) is 0 Å². The first kappa shape index (κ1) is 13.5. The van der Waals surface area contributed by atoms with Crippen molar-refractivity contribution in [2.75, 3.05) is 0 Å². The van der Waals surface area contributed by atoms with Crippen LogP contribution in [0.1, 0.15) is 45.4 Å². The van der Waals surface area contributed by atoms with E-state index < -0.39 is 8.07 Å². The summed E-state index contributed by atoms with van der Waals surface area (Å²) in [5, 5.41) is 1.72. The molecule has 2 bridgehead atoms. The van der Waals surface area contributed by atoms with Gasteiger partial charge in [0.05, 0.1) is 8.07 Å². The second kappa shape index (κ2) is 5.34. The van der Waals surface area contributed by atoms with Crippen molar-refractivity contribution in [3.8, 4) is 0 Å². The summed E-state index contributed by atoms with van der Waals surface area (Å²) in [5.41, 5.74) is 0. The molecule has 2 fully saturated rings. The third-order valence-electron chi connectivity index (χ3n) is 5.39. The fraction of sp³-hybridized carbons (Fsp3) is 0.867. The van der Waals surface area contributed by atoms with Gasteiger partial charge in [-0.25, -0.2) is 0 Å². The summed E-state index contributed by atoms with van der Waals surface area (Å²) in [6.07, 6.45) is 13.2. The molecule has 0 aromatic carbocycles. The Morgan fingerprint density at radius 3 is 1.94 bits per heavy atom. The van der Waals surface area contributed by atoms with Gasteiger partial charge in [0, 0.05) is 0 Å². The van der Waals surface area contributed by atoms with Gasteiger partial charge in [-0.3, -0.25) is 0 Å². The Bertz CT molecular complexity index is 268. The van der Waals surface area contributed by atoms with Crippen LogP contribution in [0.3, 0.4) is 0 Å². The van der Waals surface area contributed by atoms with Gasteiger partial charge in [-0.15, -0.1) is 0 Å². The Hall–Kier alpha value is 0.0218. The molecule has 2 heteroatoms. The molecule has 0 amide bonds. The monoisotopic (exact) mass is 248 g/mol. The molecular weight excluding hydrogens is 219 g/mol. The first-order valence-electron chi connectivity index (χ1n) is 7.65. The molecule has 2 aliphatic heterocycles. The maximum atomic E-state index is 2.62. The molecule has 96 valence electrons. The molecule has 0 nitrogen and oxygen atoms in total. The summed E-state index contributed by atoms with van der Waals surface area (Å²) in [6, 6.07) is 0. The highest BCUT2D eigenvalue weighted by Gasteiger charge is 2.38. The topological polar surface area (TPSA) is 0 Å². The maximum Gasteiger partial charge on any atom is 0.150 e. The lowest BCUT2D eigenvalue weighted by atomic mass is 9.26. The van der Waals surface area contributed by atoms with Crippen molar-refractivity contribution in [3.05, 3.63) is 11.3 Å². The zero-order valence-electron chi connectivity index (χ0n) is 12.3. The van der Waals surface area contributed by atoms with Crippen molar-refractivity contribution in [2.24, 2.45) is 0 Å². The van der Waals surface area contributed by atoms with Crippen LogP contribution in [0.2, 0.25) is 37.6 Å². The molecule has 0 atom stereocenters. The molecule has 0 aromatic rings. The SMILES string of the molecule is C/C(=C\CB1C2CCCC1CCC2)[Si](C)(C)C. The third kappa shape index (κ3) is 3.27. The minimum absolute atomic E-state index is 1.02. The third-order valence-corrected chi connectivity index (χ3v) is 7.96. The second-order valence-electron chi connectivity index (χ2n) is 7.42. The zero-order chi connectivity index (χ0) is 12.5. The van der Waals surface area contributed by atoms with Gasteiger partial charge < -0.3 is 0 Å². The van der Waals surface area contributed by atoms with Gasteiger partial charge in [0.1, 0.15) is 6.71 Å². The predicted molar refractivity (Wildman–Crippen MR) is 82.9 cm³/mol. The highest BCUT2D eigenvalue weighted by Crippen LogP contribution is 2.47. The first-order chi connectivity index (χ1) is 7.98. The van der Waals surface area contributed by atoms with Crippen molar-refractivity contribution >= 4 is 14.8 Å². The van der Waals surface area contributed by atoms with Crippen molar-refractivity contribution in [2.45, 2.75) is 83.0 Å². The van der Waals surface area contributed by atoms with Crippen LogP contribution in [0.5, 0.6) is 0 Å². The molecule has 0 unspecified atom stereocenters. The predicted octanol–water partition coefficient (Wildman–Crippen LogP) is 5.41. The van der Waals surface area contributed by atoms with Crippen LogP contribution in [0, 0.1) is 0 Å². The number of allylic oxidation sites excluding steroid dienone is 2. The standard InChI is InChI=1S/C15H29BSi/c1-13(17(2,3)4)11-12-16-14-7-5-8-15(16)10-6-9-14/h11,14-15H,5-10,12H2,1-4H3/b13-11+. The Morgan fingerprint density at radius 1 is 1.06 bits per heavy atom. The fourth-order valence-corrected chi connectivity index (χ4v) is 4.55. The van der Waals surface area contributed by atoms with E-state index >= 15 is 0 Å². The molecule has 0 radical (unpaired) electrons. The largest absolute Gasteiger partial charge is 0.150 e. The van der Waals surface area contributed by atoms with Gasteiger partial charge in [-0.05, 0) is 6.92 Å². The van der Waals surface area contributed by atoms with Gasteiger partial charge in [0.15, 0.2) is 0 Å². The Balaban J connectivity index is 1.98. The highest BCUT2D eigenvalue weighted by atomic mass is 28.3. The number of fused-ring (bicyclic) bond motifs is 2. The molecule has 2 aliphatic rings. The van der Waals surface area contributed by atoms with Crippen LogP contribution in [-0.2, 0) is 0 Å². The molecule has 0 saturated carbocycles. The van der Waals surface area contributed by atoms with Crippen LogP contribution in [0.25, 0.3) is 0 Å². The molecule has 0 spiro atoms. The van der Waals surface area contributed by atoms with E-state index in [0.29, 0.717) is 0 Å². The smallest absolute Gasteiger partial charge is 0.0966 e. The summed E-state index contributed by atoms with van der Waals surface area (Å²) < 4.78 is 0. The van der Waals surface area contributed by atoms with E-state index in [-0.39, 0.29) is 0 Å². The second-order valence-corrected chi connectivity index (χ2v) is 12.7. The average Bonchev–Trinajstić information content (AvgIpc) is 2.23. The average molecular weight is 248 g/mol. The molecule has 17 heavy (non-hydrogen) atoms. The minimum atomic E-state index is -1.02. The van der Waals surface area contributed by atoms with Crippen molar-refractivity contribution in [3.63, 3.8) is 0 Å². The van der Waals surface area contributed by atoms with Gasteiger partial charge in [-0.1, -0.05) is 87.4 Å². The van der Waals surface area contributed by atoms with Crippen LogP contribution >= 0.6 is 0 Å². The van der Waals surface area contributed by atoms with Gasteiger partial charge in [-0.2, -0.15) is 0 Å². The summed E-state index contributed by atoms with van der Waals surface area (Å²) in [4.78, 5) is 0. The summed E-state index contributed by atoms with van der Waals surface area (Å²) >= 11 is 0. The molecular formula is C15H29BSi. The van der Waals surface area contributed by atoms with Gasteiger partial charge in [0.25, 0.3) is 0 Å². The molecule has 0 aliphatic carbocycles. The quantitative estimate of drug-likeness (QED) is 0.585. The summed E-state index contributed by atoms with van der Waals surface area (Å²) in [6.45, 7) is 10.8. The zero-order valence-corrected chi connectivity index (χ0v) is 13.3. The number of hydrogen-bond acceptors (Lipinski definition) is 0. The number of rotatable bonds is 3. The number of hydrogen-bond donors (Lipinski definition) is 0. The summed E-state index contributed by atoms with van der Waals surface area (Å²) in [5.74, 6) is 2.15. The minimum Gasteiger partial charge on any atom is -0.0966 e. The normalized spacial score (nSPS) is 30.6. The first-order valence-corrected chi connectivity index (χ1v) is 11.2. The lowest BCUT2D eigenvalue weighted by Gasteiger charge is -2.40. The maximum absolute atomic E-state index is 2.62. The Labute approximate surface area is 109 Å². The molecule has 0 aromatic heterocycles. The molecule has 2 saturated heterocycles. The van der Waals surface area contributed by atoms with Gasteiger partial charge >= 0.3 is 0 Å². The van der Waals surface area contributed by atoms with E-state index in [9.17, 15) is 0 Å². The van der Waals surface area contributed by atoms with E-state index in [1.165, 1.54) is 44.8 Å². The van der Waals surface area contributed by atoms with E-state index in [4.69, 9.17) is 0 Å². The van der Waals surface area contributed by atoms with Crippen LogP contribution in [0.15, 0.2) is 11.3 Å². The van der Waals surface area contributed by atoms with Gasteiger partial charge in [0.2, 0.25) is 0 Å². The lowest BCUT2D eigenvalue weighted by molar-refractivity contribution is 0.443. The van der Waals surface area contributed by atoms with Crippen LogP contribution in [-0.4, -0.2) is 14.8 Å². The van der Waals surface area contributed by atoms with Crippen molar-refractivity contribution < 1.29 is 0 Å². The lowest BCUT2D eigenvalue weighted by Crippen LogP contribution is -2.34. The van der Waals surface area contributed by atoms with E-state index in [0.717, 1.165) is 18.3 Å². The Kier molecular flexibility index (Phi) is 4.23. The fourth-order valence-electron chi connectivity index (χ4n) is 3.82. The summed E-state index contributed by atoms with van der Waals surface area (Å²) in [7, 11) is -1.02. The van der Waals surface area contributed by atoms with E-state index in [1.54, 1.807) is 5.20 Å². The molecule has 2 rings (SSSR count). The molecule has 2 heterocycles. The highest BCUT2D eigenvalue weighted by molar-refractivity contribution is 6.83.